The molecule has 0 aliphatic carbocycles. The fourth-order valence-corrected chi connectivity index (χ4v) is 2.38. The SMILES string of the molecule is ClCCSCCN1CCCC1. The van der Waals surface area contributed by atoms with Crippen molar-refractivity contribution >= 4 is 23.4 Å². The lowest BCUT2D eigenvalue weighted by Gasteiger charge is -2.12. The Morgan fingerprint density at radius 1 is 1.18 bits per heavy atom. The summed E-state index contributed by atoms with van der Waals surface area (Å²) in [7, 11) is 0. The predicted molar refractivity (Wildman–Crippen MR) is 53.7 cm³/mol. The van der Waals surface area contributed by atoms with Gasteiger partial charge in [0.1, 0.15) is 0 Å². The Morgan fingerprint density at radius 2 is 1.91 bits per heavy atom. The molecule has 0 bridgehead atoms. The lowest BCUT2D eigenvalue weighted by molar-refractivity contribution is 0.362. The number of nitrogens with zero attached hydrogens (tertiary/aromatic N) is 1. The number of hydrogen-bond donors (Lipinski definition) is 0. The maximum atomic E-state index is 5.56. The molecule has 1 nitrogen and oxygen atoms in total. The van der Waals surface area contributed by atoms with E-state index in [9.17, 15) is 0 Å². The summed E-state index contributed by atoms with van der Waals surface area (Å²) in [6.07, 6.45) is 2.81. The summed E-state index contributed by atoms with van der Waals surface area (Å²) < 4.78 is 0. The van der Waals surface area contributed by atoms with Crippen molar-refractivity contribution in [2.24, 2.45) is 0 Å². The third-order valence-electron chi connectivity index (χ3n) is 1.97. The molecule has 0 amide bonds. The summed E-state index contributed by atoms with van der Waals surface area (Å²) in [4.78, 5) is 2.54. The maximum absolute atomic E-state index is 5.56. The molecule has 1 fully saturated rings. The van der Waals surface area contributed by atoms with Gasteiger partial charge in [-0.2, -0.15) is 11.8 Å². The minimum absolute atomic E-state index is 0.796. The molecule has 11 heavy (non-hydrogen) atoms. The molecule has 0 radical (unpaired) electrons. The molecule has 1 saturated heterocycles. The van der Waals surface area contributed by atoms with Crippen LogP contribution in [0.4, 0.5) is 0 Å². The molecule has 0 unspecified atom stereocenters. The van der Waals surface area contributed by atoms with Crippen molar-refractivity contribution in [1.29, 1.82) is 0 Å². The molecule has 1 rings (SSSR count). The zero-order chi connectivity index (χ0) is 7.94. The van der Waals surface area contributed by atoms with Crippen molar-refractivity contribution in [3.8, 4) is 0 Å². The highest BCUT2D eigenvalue weighted by atomic mass is 35.5. The van der Waals surface area contributed by atoms with Gasteiger partial charge in [0, 0.05) is 23.9 Å². The largest absolute Gasteiger partial charge is 0.303 e. The van der Waals surface area contributed by atoms with Crippen LogP contribution in [0.3, 0.4) is 0 Å². The molecule has 66 valence electrons. The van der Waals surface area contributed by atoms with Crippen LogP contribution >= 0.6 is 23.4 Å². The first-order valence-corrected chi connectivity index (χ1v) is 5.98. The Balaban J connectivity index is 1.86. The molecule has 0 atom stereocenters. The van der Waals surface area contributed by atoms with Crippen LogP contribution in [0.5, 0.6) is 0 Å². The quantitative estimate of drug-likeness (QED) is 0.486. The monoisotopic (exact) mass is 193 g/mol. The van der Waals surface area contributed by atoms with Crippen molar-refractivity contribution in [1.82, 2.24) is 4.90 Å². The van der Waals surface area contributed by atoms with Gasteiger partial charge in [0.15, 0.2) is 0 Å². The van der Waals surface area contributed by atoms with E-state index in [0.717, 1.165) is 11.6 Å². The number of rotatable bonds is 5. The van der Waals surface area contributed by atoms with E-state index in [-0.39, 0.29) is 0 Å². The highest BCUT2D eigenvalue weighted by Gasteiger charge is 2.09. The molecule has 0 spiro atoms. The van der Waals surface area contributed by atoms with Crippen molar-refractivity contribution < 1.29 is 0 Å². The first-order chi connectivity index (χ1) is 5.43. The van der Waals surface area contributed by atoms with E-state index in [1.807, 2.05) is 11.8 Å². The van der Waals surface area contributed by atoms with Gasteiger partial charge >= 0.3 is 0 Å². The van der Waals surface area contributed by atoms with Crippen molar-refractivity contribution in [2.75, 3.05) is 37.0 Å². The second-order valence-electron chi connectivity index (χ2n) is 2.85. The zero-order valence-electron chi connectivity index (χ0n) is 6.89. The Kier molecular flexibility index (Phi) is 5.42. The van der Waals surface area contributed by atoms with Crippen molar-refractivity contribution in [3.63, 3.8) is 0 Å². The molecule has 1 heterocycles. The second-order valence-corrected chi connectivity index (χ2v) is 4.45. The minimum atomic E-state index is 0.796. The molecular formula is C8H16ClNS. The van der Waals surface area contributed by atoms with E-state index in [2.05, 4.69) is 4.90 Å². The van der Waals surface area contributed by atoms with E-state index in [0.29, 0.717) is 0 Å². The first-order valence-electron chi connectivity index (χ1n) is 4.29. The summed E-state index contributed by atoms with van der Waals surface area (Å²) >= 11 is 7.53. The van der Waals surface area contributed by atoms with Crippen LogP contribution in [0.25, 0.3) is 0 Å². The van der Waals surface area contributed by atoms with Crippen LogP contribution in [0, 0.1) is 0 Å². The molecule has 1 aliphatic heterocycles. The third-order valence-corrected chi connectivity index (χ3v) is 3.35. The Hall–Kier alpha value is 0.600. The van der Waals surface area contributed by atoms with Crippen LogP contribution < -0.4 is 0 Å². The summed E-state index contributed by atoms with van der Waals surface area (Å²) in [6, 6.07) is 0. The Labute approximate surface area is 78.5 Å². The van der Waals surface area contributed by atoms with Gasteiger partial charge in [-0.1, -0.05) is 0 Å². The van der Waals surface area contributed by atoms with Crippen LogP contribution in [0.2, 0.25) is 0 Å². The van der Waals surface area contributed by atoms with Gasteiger partial charge < -0.3 is 4.90 Å². The van der Waals surface area contributed by atoms with Gasteiger partial charge in [0.25, 0.3) is 0 Å². The summed E-state index contributed by atoms with van der Waals surface area (Å²) in [5, 5.41) is 0. The molecule has 0 saturated carbocycles. The highest BCUT2D eigenvalue weighted by Crippen LogP contribution is 2.09. The predicted octanol–water partition coefficient (Wildman–Crippen LogP) is 2.05. The Bertz CT molecular complexity index is 94.1. The second kappa shape index (κ2) is 6.15. The number of halogens is 1. The molecule has 3 heteroatoms. The number of thioether (sulfide) groups is 1. The fraction of sp³-hybridized carbons (Fsp3) is 1.00. The minimum Gasteiger partial charge on any atom is -0.303 e. The van der Waals surface area contributed by atoms with Gasteiger partial charge in [-0.05, 0) is 25.9 Å². The van der Waals surface area contributed by atoms with Crippen molar-refractivity contribution in [3.05, 3.63) is 0 Å². The van der Waals surface area contributed by atoms with Crippen LogP contribution in [0.15, 0.2) is 0 Å². The summed E-state index contributed by atoms with van der Waals surface area (Å²) in [5.41, 5.74) is 0. The van der Waals surface area contributed by atoms with E-state index in [4.69, 9.17) is 11.6 Å². The lowest BCUT2D eigenvalue weighted by atomic mass is 10.4. The fourth-order valence-electron chi connectivity index (χ4n) is 1.36. The molecule has 0 aromatic heterocycles. The number of alkyl halides is 1. The van der Waals surface area contributed by atoms with Crippen molar-refractivity contribution in [2.45, 2.75) is 12.8 Å². The normalized spacial score (nSPS) is 19.4. The number of likely N-dealkylation sites (tertiary alicyclic amines) is 1. The highest BCUT2D eigenvalue weighted by molar-refractivity contribution is 7.99. The van der Waals surface area contributed by atoms with Crippen LogP contribution in [-0.4, -0.2) is 41.9 Å². The van der Waals surface area contributed by atoms with Crippen LogP contribution in [0.1, 0.15) is 12.8 Å². The van der Waals surface area contributed by atoms with Gasteiger partial charge in [-0.3, -0.25) is 0 Å². The standard InChI is InChI=1S/C8H16ClNS/c9-3-7-11-8-6-10-4-1-2-5-10/h1-8H2. The Morgan fingerprint density at radius 3 is 2.55 bits per heavy atom. The smallest absolute Gasteiger partial charge is 0.0314 e. The molecule has 0 N–H and O–H groups in total. The van der Waals surface area contributed by atoms with Gasteiger partial charge in [-0.25, -0.2) is 0 Å². The zero-order valence-corrected chi connectivity index (χ0v) is 8.46. The molecule has 0 aromatic rings. The first kappa shape index (κ1) is 9.69. The van der Waals surface area contributed by atoms with Gasteiger partial charge in [0.2, 0.25) is 0 Å². The summed E-state index contributed by atoms with van der Waals surface area (Å²) in [5.74, 6) is 3.16. The van der Waals surface area contributed by atoms with Crippen LogP contribution in [-0.2, 0) is 0 Å². The topological polar surface area (TPSA) is 3.24 Å². The summed E-state index contributed by atoms with van der Waals surface area (Å²) in [6.45, 7) is 3.91. The third kappa shape index (κ3) is 4.24. The van der Waals surface area contributed by atoms with E-state index in [1.165, 1.54) is 38.2 Å². The molecular weight excluding hydrogens is 178 g/mol. The maximum Gasteiger partial charge on any atom is 0.0314 e. The van der Waals surface area contributed by atoms with Gasteiger partial charge in [-0.15, -0.1) is 11.6 Å². The molecule has 1 aliphatic rings. The van der Waals surface area contributed by atoms with E-state index in [1.54, 1.807) is 0 Å². The number of hydrogen-bond acceptors (Lipinski definition) is 2. The average Bonchev–Trinajstić information content (AvgIpc) is 2.50. The average molecular weight is 194 g/mol. The van der Waals surface area contributed by atoms with Gasteiger partial charge in [0.05, 0.1) is 0 Å². The van der Waals surface area contributed by atoms with E-state index < -0.39 is 0 Å². The lowest BCUT2D eigenvalue weighted by Crippen LogP contribution is -2.22. The molecule has 0 aromatic carbocycles. The van der Waals surface area contributed by atoms with E-state index >= 15 is 0 Å².